The number of aromatic nitrogens is 2. The number of likely N-dealkylation sites (tertiary alicyclic amines) is 1. The van der Waals surface area contributed by atoms with Gasteiger partial charge in [-0.2, -0.15) is 0 Å². The SMILES string of the molecule is CS(=O)(=O)N1C[C@]2(CCN(Cc3cccnc3)C2)c2ncccc21. The van der Waals surface area contributed by atoms with E-state index in [4.69, 9.17) is 0 Å². The second-order valence-electron chi connectivity index (χ2n) is 6.74. The Morgan fingerprint density at radius 2 is 2.04 bits per heavy atom. The minimum Gasteiger partial charge on any atom is -0.298 e. The first-order valence-electron chi connectivity index (χ1n) is 8.02. The zero-order valence-electron chi connectivity index (χ0n) is 13.6. The van der Waals surface area contributed by atoms with E-state index >= 15 is 0 Å². The maximum absolute atomic E-state index is 12.2. The topological polar surface area (TPSA) is 66.4 Å². The van der Waals surface area contributed by atoms with Crippen LogP contribution in [0.2, 0.25) is 0 Å². The zero-order valence-corrected chi connectivity index (χ0v) is 14.4. The van der Waals surface area contributed by atoms with Crippen LogP contribution in [-0.4, -0.2) is 49.2 Å². The molecule has 2 aromatic heterocycles. The van der Waals surface area contributed by atoms with Gasteiger partial charge in [0.25, 0.3) is 0 Å². The zero-order chi connectivity index (χ0) is 16.8. The highest BCUT2D eigenvalue weighted by molar-refractivity contribution is 7.92. The molecule has 2 aliphatic heterocycles. The predicted molar refractivity (Wildman–Crippen MR) is 92.2 cm³/mol. The van der Waals surface area contributed by atoms with Gasteiger partial charge in [0.1, 0.15) is 0 Å². The molecule has 126 valence electrons. The molecule has 4 rings (SSSR count). The van der Waals surface area contributed by atoms with E-state index in [9.17, 15) is 8.42 Å². The van der Waals surface area contributed by atoms with E-state index < -0.39 is 10.0 Å². The fourth-order valence-corrected chi connectivity index (χ4v) is 4.89. The summed E-state index contributed by atoms with van der Waals surface area (Å²) in [6.45, 7) is 3.07. The van der Waals surface area contributed by atoms with Gasteiger partial charge in [0.2, 0.25) is 10.0 Å². The summed E-state index contributed by atoms with van der Waals surface area (Å²) >= 11 is 0. The predicted octanol–water partition coefficient (Wildman–Crippen LogP) is 1.40. The molecule has 0 bridgehead atoms. The molecule has 2 aliphatic rings. The Labute approximate surface area is 142 Å². The molecule has 0 amide bonds. The number of hydrogen-bond acceptors (Lipinski definition) is 5. The number of pyridine rings is 2. The number of rotatable bonds is 3. The van der Waals surface area contributed by atoms with E-state index in [0.717, 1.165) is 37.4 Å². The Kier molecular flexibility index (Phi) is 3.58. The highest BCUT2D eigenvalue weighted by atomic mass is 32.2. The van der Waals surface area contributed by atoms with Crippen molar-refractivity contribution in [1.29, 1.82) is 0 Å². The summed E-state index contributed by atoms with van der Waals surface area (Å²) < 4.78 is 25.9. The van der Waals surface area contributed by atoms with Crippen molar-refractivity contribution in [3.63, 3.8) is 0 Å². The van der Waals surface area contributed by atoms with Gasteiger partial charge < -0.3 is 0 Å². The van der Waals surface area contributed by atoms with Crippen LogP contribution >= 0.6 is 0 Å². The van der Waals surface area contributed by atoms with Crippen molar-refractivity contribution >= 4 is 15.7 Å². The Bertz CT molecular complexity index is 856. The summed E-state index contributed by atoms with van der Waals surface area (Å²) in [6, 6.07) is 7.68. The molecule has 24 heavy (non-hydrogen) atoms. The molecule has 1 atom stereocenters. The first kappa shape index (κ1) is 15.5. The van der Waals surface area contributed by atoms with Crippen LogP contribution < -0.4 is 4.31 Å². The molecule has 0 saturated carbocycles. The third kappa shape index (κ3) is 2.57. The van der Waals surface area contributed by atoms with Crippen molar-refractivity contribution in [3.8, 4) is 0 Å². The van der Waals surface area contributed by atoms with E-state index in [0.29, 0.717) is 6.54 Å². The molecule has 0 aliphatic carbocycles. The van der Waals surface area contributed by atoms with Crippen LogP contribution in [0.4, 0.5) is 5.69 Å². The third-order valence-corrected chi connectivity index (χ3v) is 6.09. The van der Waals surface area contributed by atoms with Gasteiger partial charge in [-0.15, -0.1) is 0 Å². The fraction of sp³-hybridized carbons (Fsp3) is 0.412. The minimum absolute atomic E-state index is 0.206. The van der Waals surface area contributed by atoms with Gasteiger partial charge in [-0.05, 0) is 36.7 Å². The first-order chi connectivity index (χ1) is 11.5. The quantitative estimate of drug-likeness (QED) is 0.842. The highest BCUT2D eigenvalue weighted by Gasteiger charge is 2.50. The van der Waals surface area contributed by atoms with Gasteiger partial charge in [0, 0.05) is 43.6 Å². The van der Waals surface area contributed by atoms with Crippen molar-refractivity contribution in [2.24, 2.45) is 0 Å². The summed E-state index contributed by atoms with van der Waals surface area (Å²) in [5.41, 5.74) is 2.63. The molecule has 1 fully saturated rings. The average Bonchev–Trinajstić information content (AvgIpc) is 3.11. The molecule has 1 spiro atoms. The van der Waals surface area contributed by atoms with Crippen molar-refractivity contribution in [2.45, 2.75) is 18.4 Å². The molecule has 4 heterocycles. The van der Waals surface area contributed by atoms with Crippen LogP contribution in [-0.2, 0) is 22.0 Å². The minimum atomic E-state index is -3.29. The molecule has 0 unspecified atom stereocenters. The van der Waals surface area contributed by atoms with Crippen LogP contribution in [0.1, 0.15) is 17.7 Å². The molecular formula is C17H20N4O2S. The van der Waals surface area contributed by atoms with Gasteiger partial charge in [0.15, 0.2) is 0 Å². The van der Waals surface area contributed by atoms with E-state index in [1.807, 2.05) is 18.3 Å². The maximum atomic E-state index is 12.2. The van der Waals surface area contributed by atoms with Gasteiger partial charge in [-0.25, -0.2) is 8.42 Å². The van der Waals surface area contributed by atoms with Crippen LogP contribution in [0.5, 0.6) is 0 Å². The standard InChI is InChI=1S/C17H20N4O2S/c1-24(22,23)21-13-17(16-15(21)5-3-8-19-16)6-9-20(12-17)11-14-4-2-7-18-10-14/h2-5,7-8,10H,6,9,11-13H2,1H3/t17-/m1/s1. The number of anilines is 1. The second-order valence-corrected chi connectivity index (χ2v) is 8.65. The van der Waals surface area contributed by atoms with E-state index in [1.54, 1.807) is 18.5 Å². The molecule has 2 aromatic rings. The number of nitrogens with zero attached hydrogens (tertiary/aromatic N) is 4. The summed E-state index contributed by atoms with van der Waals surface area (Å²) in [5.74, 6) is 0. The molecule has 1 saturated heterocycles. The van der Waals surface area contributed by atoms with Crippen molar-refractivity contribution in [3.05, 3.63) is 54.1 Å². The second kappa shape index (κ2) is 5.53. The smallest absolute Gasteiger partial charge is 0.232 e. The van der Waals surface area contributed by atoms with Crippen LogP contribution in [0.15, 0.2) is 42.9 Å². The Balaban J connectivity index is 1.63. The van der Waals surface area contributed by atoms with Gasteiger partial charge in [-0.3, -0.25) is 19.2 Å². The van der Waals surface area contributed by atoms with Crippen LogP contribution in [0.3, 0.4) is 0 Å². The largest absolute Gasteiger partial charge is 0.298 e. The van der Waals surface area contributed by atoms with Crippen molar-refractivity contribution in [2.75, 3.05) is 30.2 Å². The van der Waals surface area contributed by atoms with Crippen LogP contribution in [0.25, 0.3) is 0 Å². The lowest BCUT2D eigenvalue weighted by Crippen LogP contribution is -2.38. The summed E-state index contributed by atoms with van der Waals surface area (Å²) in [6.07, 6.45) is 7.61. The average molecular weight is 344 g/mol. The lowest BCUT2D eigenvalue weighted by molar-refractivity contribution is 0.306. The number of hydrogen-bond donors (Lipinski definition) is 0. The van der Waals surface area contributed by atoms with Crippen molar-refractivity contribution < 1.29 is 8.42 Å². The lowest BCUT2D eigenvalue weighted by Gasteiger charge is -2.25. The van der Waals surface area contributed by atoms with Crippen LogP contribution in [0, 0.1) is 0 Å². The third-order valence-electron chi connectivity index (χ3n) is 4.97. The molecule has 7 heteroatoms. The Morgan fingerprint density at radius 3 is 2.79 bits per heavy atom. The van der Waals surface area contributed by atoms with E-state index in [2.05, 4.69) is 20.9 Å². The molecular weight excluding hydrogens is 324 g/mol. The summed E-state index contributed by atoms with van der Waals surface area (Å²) in [4.78, 5) is 11.1. The fourth-order valence-electron chi connectivity index (χ4n) is 3.90. The van der Waals surface area contributed by atoms with Gasteiger partial charge in [0.05, 0.1) is 17.6 Å². The Morgan fingerprint density at radius 1 is 1.21 bits per heavy atom. The molecule has 6 nitrogen and oxygen atoms in total. The highest BCUT2D eigenvalue weighted by Crippen LogP contribution is 2.46. The monoisotopic (exact) mass is 344 g/mol. The molecule has 0 N–H and O–H groups in total. The van der Waals surface area contributed by atoms with E-state index in [1.165, 1.54) is 16.1 Å². The molecule has 0 aromatic carbocycles. The van der Waals surface area contributed by atoms with Gasteiger partial charge in [-0.1, -0.05) is 6.07 Å². The number of sulfonamides is 1. The summed E-state index contributed by atoms with van der Waals surface area (Å²) in [7, 11) is -3.29. The summed E-state index contributed by atoms with van der Waals surface area (Å²) in [5, 5.41) is 0. The number of fused-ring (bicyclic) bond motifs is 2. The van der Waals surface area contributed by atoms with E-state index in [-0.39, 0.29) is 5.41 Å². The Hall–Kier alpha value is -1.99. The normalized spacial score (nSPS) is 23.8. The first-order valence-corrected chi connectivity index (χ1v) is 9.87. The van der Waals surface area contributed by atoms with Crippen molar-refractivity contribution in [1.82, 2.24) is 14.9 Å². The lowest BCUT2D eigenvalue weighted by atomic mass is 9.85. The van der Waals surface area contributed by atoms with Gasteiger partial charge >= 0.3 is 0 Å². The maximum Gasteiger partial charge on any atom is 0.232 e. The molecule has 0 radical (unpaired) electrons.